The van der Waals surface area contributed by atoms with Crippen molar-refractivity contribution in [2.24, 2.45) is 9.50 Å². The van der Waals surface area contributed by atoms with Gasteiger partial charge in [-0.25, -0.2) is 18.7 Å². The first-order valence-electron chi connectivity index (χ1n) is 6.52. The van der Waals surface area contributed by atoms with Gasteiger partial charge in [0, 0.05) is 11.6 Å². The molecule has 5 nitrogen and oxygen atoms in total. The molecule has 0 aliphatic carbocycles. The zero-order valence-electron chi connectivity index (χ0n) is 11.8. The summed E-state index contributed by atoms with van der Waals surface area (Å²) in [6.45, 7) is 0. The first-order valence-corrected chi connectivity index (χ1v) is 8.09. The molecule has 0 saturated carbocycles. The van der Waals surface area contributed by atoms with E-state index in [1.165, 1.54) is 6.20 Å². The van der Waals surface area contributed by atoms with Crippen LogP contribution in [-0.2, 0) is 16.1 Å². The molecular weight excluding hydrogens is 348 g/mol. The first-order chi connectivity index (χ1) is 11.2. The summed E-state index contributed by atoms with van der Waals surface area (Å²) in [7, 11) is -3.51. The van der Waals surface area contributed by atoms with Crippen LogP contribution in [0, 0.1) is 5.82 Å². The van der Waals surface area contributed by atoms with Crippen molar-refractivity contribution in [2.75, 3.05) is 0 Å². The van der Waals surface area contributed by atoms with E-state index in [4.69, 9.17) is 5.14 Å². The molecule has 0 aliphatic heterocycles. The number of halogens is 4. The van der Waals surface area contributed by atoms with E-state index in [0.29, 0.717) is 5.65 Å². The van der Waals surface area contributed by atoms with Gasteiger partial charge in [-0.05, 0) is 30.3 Å². The highest BCUT2D eigenvalue weighted by atomic mass is 32.2. The van der Waals surface area contributed by atoms with Crippen LogP contribution in [0.2, 0.25) is 0 Å². The monoisotopic (exact) mass is 358 g/mol. The summed E-state index contributed by atoms with van der Waals surface area (Å²) in [5, 5.41) is 5.93. The molecule has 1 atom stereocenters. The second kappa shape index (κ2) is 5.56. The number of rotatable bonds is 2. The maximum Gasteiger partial charge on any atom is 0.416 e. The quantitative estimate of drug-likeness (QED) is 0.684. The van der Waals surface area contributed by atoms with E-state index in [9.17, 15) is 21.8 Å². The van der Waals surface area contributed by atoms with Crippen LogP contribution in [0.1, 0.15) is 5.56 Å². The van der Waals surface area contributed by atoms with Gasteiger partial charge in [-0.1, -0.05) is 0 Å². The van der Waals surface area contributed by atoms with Crippen molar-refractivity contribution < 1.29 is 21.8 Å². The highest BCUT2D eigenvalue weighted by Crippen LogP contribution is 2.31. The van der Waals surface area contributed by atoms with Gasteiger partial charge in [0.25, 0.3) is 0 Å². The van der Waals surface area contributed by atoms with E-state index in [2.05, 4.69) is 14.3 Å². The maximum absolute atomic E-state index is 13.3. The number of aromatic nitrogens is 2. The standard InChI is InChI=1S/C14H10F4N4OS/c15-9-5-11-12(7-21-13(11)20-6-9)22-24(19,23)10-3-1-8(2-4-10)14(16,17)18/h1-7H,(H,20,21)(H2,19,22,23). The zero-order valence-corrected chi connectivity index (χ0v) is 12.7. The Morgan fingerprint density at radius 2 is 1.88 bits per heavy atom. The molecule has 0 spiro atoms. The molecule has 0 fully saturated rings. The fourth-order valence-corrected chi connectivity index (χ4v) is 3.15. The number of nitrogens with zero attached hydrogens (tertiary/aromatic N) is 2. The molecule has 0 radical (unpaired) electrons. The van der Waals surface area contributed by atoms with Crippen LogP contribution < -0.4 is 5.14 Å². The lowest BCUT2D eigenvalue weighted by Gasteiger charge is -2.08. The molecule has 0 amide bonds. The van der Waals surface area contributed by atoms with Gasteiger partial charge >= 0.3 is 6.18 Å². The Balaban J connectivity index is 2.07. The number of fused-ring (bicyclic) bond motifs is 1. The van der Waals surface area contributed by atoms with Crippen LogP contribution in [0.25, 0.3) is 11.0 Å². The molecular formula is C14H10F4N4OS. The molecule has 3 aromatic rings. The Bertz CT molecular complexity index is 1020. The first kappa shape index (κ1) is 16.4. The number of nitrogens with two attached hydrogens (primary N) is 1. The Morgan fingerprint density at radius 1 is 1.21 bits per heavy atom. The van der Waals surface area contributed by atoms with Crippen molar-refractivity contribution in [1.82, 2.24) is 9.97 Å². The van der Waals surface area contributed by atoms with Crippen molar-refractivity contribution in [3.05, 3.63) is 54.1 Å². The average Bonchev–Trinajstić information content (AvgIpc) is 2.88. The summed E-state index contributed by atoms with van der Waals surface area (Å²) in [6.07, 6.45) is -2.17. The summed E-state index contributed by atoms with van der Waals surface area (Å²) >= 11 is 0. The molecule has 0 bridgehead atoms. The predicted octanol–water partition coefficient (Wildman–Crippen LogP) is 3.75. The molecule has 3 N–H and O–H groups in total. The SMILES string of the molecule is NS(=O)(=Nc1c[nH]c2ncc(F)cc12)c1ccc(C(F)(F)F)cc1. The van der Waals surface area contributed by atoms with Gasteiger partial charge in [-0.2, -0.15) is 17.5 Å². The normalized spacial score (nSPS) is 14.5. The molecule has 0 aliphatic rings. The Morgan fingerprint density at radius 3 is 2.50 bits per heavy atom. The third kappa shape index (κ3) is 3.10. The van der Waals surface area contributed by atoms with Gasteiger partial charge in [0.05, 0.1) is 16.7 Å². The third-order valence-electron chi connectivity index (χ3n) is 3.23. The van der Waals surface area contributed by atoms with Crippen molar-refractivity contribution in [2.45, 2.75) is 11.1 Å². The molecule has 1 aromatic carbocycles. The zero-order chi connectivity index (χ0) is 17.5. The van der Waals surface area contributed by atoms with E-state index < -0.39 is 27.5 Å². The second-order valence-corrected chi connectivity index (χ2v) is 6.70. The summed E-state index contributed by atoms with van der Waals surface area (Å²) < 4.78 is 67.4. The highest BCUT2D eigenvalue weighted by molar-refractivity contribution is 7.91. The summed E-state index contributed by atoms with van der Waals surface area (Å²) in [4.78, 5) is 6.44. The molecule has 126 valence electrons. The fourth-order valence-electron chi connectivity index (χ4n) is 2.08. The van der Waals surface area contributed by atoms with E-state index in [1.807, 2.05) is 0 Å². The molecule has 24 heavy (non-hydrogen) atoms. The summed E-state index contributed by atoms with van der Waals surface area (Å²) in [5.74, 6) is -0.614. The molecule has 0 saturated heterocycles. The van der Waals surface area contributed by atoms with Gasteiger partial charge in [-0.3, -0.25) is 0 Å². The minimum Gasteiger partial charge on any atom is -0.344 e. The molecule has 2 aromatic heterocycles. The van der Waals surface area contributed by atoms with Crippen molar-refractivity contribution in [1.29, 1.82) is 0 Å². The van der Waals surface area contributed by atoms with E-state index >= 15 is 0 Å². The number of hydrogen-bond acceptors (Lipinski definition) is 3. The lowest BCUT2D eigenvalue weighted by atomic mass is 10.2. The van der Waals surface area contributed by atoms with Gasteiger partial charge in [0.2, 0.25) is 0 Å². The van der Waals surface area contributed by atoms with E-state index in [0.717, 1.165) is 36.5 Å². The largest absolute Gasteiger partial charge is 0.416 e. The van der Waals surface area contributed by atoms with Crippen molar-refractivity contribution >= 4 is 26.6 Å². The van der Waals surface area contributed by atoms with Crippen LogP contribution in [0.5, 0.6) is 0 Å². The van der Waals surface area contributed by atoms with E-state index in [-0.39, 0.29) is 16.0 Å². The number of nitrogens with one attached hydrogen (secondary N) is 1. The Kier molecular flexibility index (Phi) is 3.80. The lowest BCUT2D eigenvalue weighted by molar-refractivity contribution is -0.137. The van der Waals surface area contributed by atoms with Crippen LogP contribution in [0.15, 0.2) is 52.0 Å². The van der Waals surface area contributed by atoms with Gasteiger partial charge < -0.3 is 4.98 Å². The summed E-state index contributed by atoms with van der Waals surface area (Å²) in [5.41, 5.74) is -0.470. The van der Waals surface area contributed by atoms with E-state index in [1.54, 1.807) is 0 Å². The minimum absolute atomic E-state index is 0.0748. The third-order valence-corrected chi connectivity index (χ3v) is 4.64. The van der Waals surface area contributed by atoms with Crippen LogP contribution >= 0.6 is 0 Å². The number of alkyl halides is 3. The minimum atomic E-state index is -4.51. The van der Waals surface area contributed by atoms with Gasteiger partial charge in [-0.15, -0.1) is 0 Å². The summed E-state index contributed by atoms with van der Waals surface area (Å²) in [6, 6.07) is 4.69. The number of hydrogen-bond donors (Lipinski definition) is 2. The molecule has 10 heteroatoms. The average molecular weight is 358 g/mol. The fraction of sp³-hybridized carbons (Fsp3) is 0.0714. The van der Waals surface area contributed by atoms with Crippen molar-refractivity contribution in [3.8, 4) is 0 Å². The molecule has 3 rings (SSSR count). The van der Waals surface area contributed by atoms with Gasteiger partial charge in [0.15, 0.2) is 0 Å². The maximum atomic E-state index is 13.3. The number of benzene rings is 1. The van der Waals surface area contributed by atoms with Gasteiger partial charge in [0.1, 0.15) is 27.1 Å². The second-order valence-electron chi connectivity index (χ2n) is 4.91. The molecule has 2 heterocycles. The van der Waals surface area contributed by atoms with Crippen LogP contribution in [0.4, 0.5) is 23.2 Å². The Labute approximate surface area is 133 Å². The number of pyridine rings is 1. The van der Waals surface area contributed by atoms with Crippen LogP contribution in [-0.4, -0.2) is 14.2 Å². The van der Waals surface area contributed by atoms with Crippen LogP contribution in [0.3, 0.4) is 0 Å². The number of H-pyrrole nitrogens is 1. The lowest BCUT2D eigenvalue weighted by Crippen LogP contribution is -2.13. The molecule has 1 unspecified atom stereocenters. The highest BCUT2D eigenvalue weighted by Gasteiger charge is 2.30. The number of aromatic amines is 1. The topological polar surface area (TPSA) is 84.1 Å². The predicted molar refractivity (Wildman–Crippen MR) is 80.2 cm³/mol. The smallest absolute Gasteiger partial charge is 0.344 e. The Hall–Kier alpha value is -2.46. The van der Waals surface area contributed by atoms with Crippen molar-refractivity contribution in [3.63, 3.8) is 0 Å².